The van der Waals surface area contributed by atoms with Crippen molar-refractivity contribution in [3.05, 3.63) is 64.6 Å². The number of sulfonamides is 1. The van der Waals surface area contributed by atoms with Crippen molar-refractivity contribution in [2.45, 2.75) is 101 Å². The standard InChI is InChI=1S/C41H52F4N8O5S/c1-25-21-29(9-12-33(25)47-39-46-22-32(41(43,44)45)37(49-39)53-16-4-15-40(3,56)24-53)59(57,58)50-28-7-5-27(6-8-28)23-51-17-19-52(20-18-51)34-13-10-30(26(2)36(34)42)31-11-14-35(54)48-38(31)55/h9-10,12-13,21-22,27-28,31,50,56H,4-8,11,14-20,23-24H2,1-3H3,(H,46,47,49)(H,48,54,55)/t27?,28?,31?,40-/m0/s1. The predicted molar refractivity (Wildman–Crippen MR) is 215 cm³/mol. The minimum absolute atomic E-state index is 0.0118. The van der Waals surface area contributed by atoms with Gasteiger partial charge in [0.1, 0.15) is 17.2 Å². The summed E-state index contributed by atoms with van der Waals surface area (Å²) in [6.07, 6.45) is 0.671. The summed E-state index contributed by atoms with van der Waals surface area (Å²) < 4.78 is 87.2. The molecule has 1 unspecified atom stereocenters. The first kappa shape index (κ1) is 42.7. The second-order valence-corrected chi connectivity index (χ2v) is 18.5. The van der Waals surface area contributed by atoms with E-state index < -0.39 is 33.3 Å². The number of aromatic nitrogens is 2. The number of amides is 2. The zero-order chi connectivity index (χ0) is 42.3. The van der Waals surface area contributed by atoms with Crippen LogP contribution in [0.3, 0.4) is 0 Å². The summed E-state index contributed by atoms with van der Waals surface area (Å²) in [6, 6.07) is 7.80. The number of piperidine rings is 2. The quantitative estimate of drug-likeness (QED) is 0.150. The van der Waals surface area contributed by atoms with E-state index in [9.17, 15) is 36.3 Å². The summed E-state index contributed by atoms with van der Waals surface area (Å²) in [6.45, 7) is 8.94. The van der Waals surface area contributed by atoms with E-state index in [1.165, 1.54) is 17.0 Å². The Labute approximate surface area is 342 Å². The number of nitrogens with one attached hydrogen (secondary N) is 3. The number of aryl methyl sites for hydroxylation is 1. The van der Waals surface area contributed by atoms with E-state index in [2.05, 4.69) is 30.2 Å². The molecule has 1 saturated carbocycles. The van der Waals surface area contributed by atoms with Crippen molar-refractivity contribution < 1.29 is 40.7 Å². The van der Waals surface area contributed by atoms with Gasteiger partial charge in [0.15, 0.2) is 0 Å². The van der Waals surface area contributed by atoms with Crippen LogP contribution in [0.5, 0.6) is 0 Å². The van der Waals surface area contributed by atoms with Crippen molar-refractivity contribution in [3.8, 4) is 0 Å². The summed E-state index contributed by atoms with van der Waals surface area (Å²) >= 11 is 0. The van der Waals surface area contributed by atoms with Crippen molar-refractivity contribution in [3.63, 3.8) is 0 Å². The Morgan fingerprint density at radius 1 is 0.983 bits per heavy atom. The normalized spacial score (nSPS) is 24.9. The number of β-amino-alcohol motifs (C(OH)–C–C–N with tert-alkyl or cyclic N) is 1. The second-order valence-electron chi connectivity index (χ2n) is 16.8. The lowest BCUT2D eigenvalue weighted by Gasteiger charge is -2.39. The molecule has 0 bridgehead atoms. The number of hydrogen-bond acceptors (Lipinski definition) is 11. The van der Waals surface area contributed by atoms with E-state index in [-0.39, 0.29) is 53.3 Å². The van der Waals surface area contributed by atoms with Gasteiger partial charge >= 0.3 is 6.18 Å². The summed E-state index contributed by atoms with van der Waals surface area (Å²) in [7, 11) is -3.87. The molecule has 2 atom stereocenters. The van der Waals surface area contributed by atoms with Crippen LogP contribution in [-0.2, 0) is 25.8 Å². The molecule has 320 valence electrons. The van der Waals surface area contributed by atoms with E-state index in [1.54, 1.807) is 32.9 Å². The van der Waals surface area contributed by atoms with Gasteiger partial charge in [-0.05, 0) is 113 Å². The first-order valence-electron chi connectivity index (χ1n) is 20.3. The van der Waals surface area contributed by atoms with Crippen molar-refractivity contribution in [1.82, 2.24) is 24.9 Å². The van der Waals surface area contributed by atoms with E-state index in [4.69, 9.17) is 0 Å². The van der Waals surface area contributed by atoms with Gasteiger partial charge in [0.25, 0.3) is 0 Å². The maximum atomic E-state index is 15.6. The summed E-state index contributed by atoms with van der Waals surface area (Å²) in [5.41, 5.74) is 0.365. The Hall–Kier alpha value is -4.39. The summed E-state index contributed by atoms with van der Waals surface area (Å²) in [4.78, 5) is 38.0. The van der Waals surface area contributed by atoms with Gasteiger partial charge in [-0.15, -0.1) is 0 Å². The van der Waals surface area contributed by atoms with Gasteiger partial charge in [0.05, 0.1) is 22.1 Å². The molecular formula is C41H52F4N8O5S. The van der Waals surface area contributed by atoms with Gasteiger partial charge in [0, 0.05) is 70.2 Å². The fourth-order valence-corrected chi connectivity index (χ4v) is 10.3. The molecule has 4 N–H and O–H groups in total. The molecule has 7 rings (SSSR count). The van der Waals surface area contributed by atoms with E-state index in [1.807, 2.05) is 11.0 Å². The first-order chi connectivity index (χ1) is 27.9. The van der Waals surface area contributed by atoms with Crippen LogP contribution in [0.2, 0.25) is 0 Å². The van der Waals surface area contributed by atoms with Gasteiger partial charge in [-0.1, -0.05) is 6.07 Å². The van der Waals surface area contributed by atoms with Crippen LogP contribution in [0.4, 0.5) is 40.7 Å². The predicted octanol–water partition coefficient (Wildman–Crippen LogP) is 5.53. The molecule has 0 radical (unpaired) electrons. The van der Waals surface area contributed by atoms with Crippen LogP contribution in [0.1, 0.15) is 86.5 Å². The number of hydrogen-bond donors (Lipinski definition) is 4. The van der Waals surface area contributed by atoms with Crippen LogP contribution in [0.15, 0.2) is 41.4 Å². The number of anilines is 4. The van der Waals surface area contributed by atoms with Crippen LogP contribution in [0, 0.1) is 25.6 Å². The number of carbonyl (C=O) groups excluding carboxylic acids is 2. The van der Waals surface area contributed by atoms with Crippen LogP contribution >= 0.6 is 0 Å². The molecule has 18 heteroatoms. The minimum atomic E-state index is -4.70. The number of rotatable bonds is 10. The fourth-order valence-electron chi connectivity index (χ4n) is 8.92. The van der Waals surface area contributed by atoms with Gasteiger partial charge in [0.2, 0.25) is 27.8 Å². The average molecular weight is 845 g/mol. The van der Waals surface area contributed by atoms with Gasteiger partial charge < -0.3 is 20.2 Å². The number of carbonyl (C=O) groups is 2. The molecule has 3 saturated heterocycles. The summed E-state index contributed by atoms with van der Waals surface area (Å²) in [5.74, 6) is -1.58. The molecule has 13 nitrogen and oxygen atoms in total. The zero-order valence-corrected chi connectivity index (χ0v) is 34.4. The summed E-state index contributed by atoms with van der Waals surface area (Å²) in [5, 5.41) is 15.8. The average Bonchev–Trinajstić information content (AvgIpc) is 3.17. The smallest absolute Gasteiger partial charge is 0.388 e. The topological polar surface area (TPSA) is 160 Å². The number of benzene rings is 2. The van der Waals surface area contributed by atoms with E-state index in [0.717, 1.165) is 38.7 Å². The van der Waals surface area contributed by atoms with Crippen LogP contribution in [0.25, 0.3) is 0 Å². The van der Waals surface area contributed by atoms with Crippen molar-refractivity contribution >= 4 is 45.0 Å². The highest BCUT2D eigenvalue weighted by molar-refractivity contribution is 7.89. The van der Waals surface area contributed by atoms with E-state index in [0.29, 0.717) is 85.7 Å². The van der Waals surface area contributed by atoms with Crippen molar-refractivity contribution in [1.29, 1.82) is 0 Å². The first-order valence-corrected chi connectivity index (χ1v) is 21.8. The van der Waals surface area contributed by atoms with Gasteiger partial charge in [-0.3, -0.25) is 19.8 Å². The molecule has 0 spiro atoms. The highest BCUT2D eigenvalue weighted by Crippen LogP contribution is 2.38. The van der Waals surface area contributed by atoms with Crippen molar-refractivity contribution in [2.75, 3.05) is 60.9 Å². The number of alkyl halides is 3. The fraction of sp³-hybridized carbons (Fsp3) is 0.561. The Morgan fingerprint density at radius 3 is 2.37 bits per heavy atom. The molecule has 4 fully saturated rings. The molecular weight excluding hydrogens is 793 g/mol. The Morgan fingerprint density at radius 2 is 1.71 bits per heavy atom. The Balaban J connectivity index is 0.898. The number of halogens is 4. The molecule has 2 aromatic carbocycles. The van der Waals surface area contributed by atoms with Crippen molar-refractivity contribution in [2.24, 2.45) is 5.92 Å². The van der Waals surface area contributed by atoms with E-state index >= 15 is 4.39 Å². The molecule has 3 aromatic rings. The van der Waals surface area contributed by atoms with Crippen LogP contribution < -0.4 is 25.2 Å². The van der Waals surface area contributed by atoms with Gasteiger partial charge in [-0.25, -0.2) is 22.5 Å². The third kappa shape index (κ3) is 9.82. The van der Waals surface area contributed by atoms with Gasteiger partial charge in [-0.2, -0.15) is 18.2 Å². The maximum absolute atomic E-state index is 15.6. The molecule has 3 aliphatic heterocycles. The number of aliphatic hydroxyl groups is 1. The monoisotopic (exact) mass is 844 g/mol. The molecule has 1 aromatic heterocycles. The molecule has 4 heterocycles. The molecule has 4 aliphatic rings. The third-order valence-corrected chi connectivity index (χ3v) is 13.7. The molecule has 59 heavy (non-hydrogen) atoms. The SMILES string of the molecule is Cc1cc(S(=O)(=O)NC2CCC(CN3CCN(c4ccc(C5CCC(=O)NC5=O)c(C)c4F)CC3)CC2)ccc1Nc1ncc(C(F)(F)F)c(N2CCC[C@](C)(O)C2)n1. The number of imide groups is 1. The lowest BCUT2D eigenvalue weighted by molar-refractivity contribution is -0.138. The largest absolute Gasteiger partial charge is 0.421 e. The molecule has 1 aliphatic carbocycles. The highest BCUT2D eigenvalue weighted by Gasteiger charge is 2.40. The Kier molecular flexibility index (Phi) is 12.3. The zero-order valence-electron chi connectivity index (χ0n) is 33.5. The lowest BCUT2D eigenvalue weighted by atomic mass is 9.86. The van der Waals surface area contributed by atoms with Crippen LogP contribution in [-0.4, -0.2) is 97.7 Å². The minimum Gasteiger partial charge on any atom is -0.388 e. The maximum Gasteiger partial charge on any atom is 0.421 e. The molecule has 2 amide bonds. The third-order valence-electron chi connectivity index (χ3n) is 12.2. The lowest BCUT2D eigenvalue weighted by Crippen LogP contribution is -2.48. The highest BCUT2D eigenvalue weighted by atomic mass is 32.2. The number of nitrogens with zero attached hydrogens (tertiary/aromatic N) is 5. The second kappa shape index (κ2) is 16.9. The Bertz CT molecular complexity index is 2170. The number of piperazine rings is 1.